The van der Waals surface area contributed by atoms with E-state index in [1.54, 1.807) is 32.4 Å². The monoisotopic (exact) mass is 296 g/mol. The van der Waals surface area contributed by atoms with Crippen molar-refractivity contribution in [2.75, 3.05) is 14.2 Å². The van der Waals surface area contributed by atoms with Gasteiger partial charge < -0.3 is 9.47 Å². The molecule has 1 aromatic rings. The second-order valence-electron chi connectivity index (χ2n) is 5.29. The molecule has 110 valence electrons. The zero-order valence-corrected chi connectivity index (χ0v) is 12.8. The minimum Gasteiger partial charge on any atom is -0.495 e. The average Bonchev–Trinajstić information content (AvgIpc) is 2.73. The van der Waals surface area contributed by atoms with Crippen LogP contribution in [0.2, 0.25) is 5.02 Å². The van der Waals surface area contributed by atoms with Crippen LogP contribution in [0.1, 0.15) is 48.9 Å². The molecule has 1 aliphatic carbocycles. The van der Waals surface area contributed by atoms with E-state index in [0.717, 1.165) is 25.7 Å². The van der Waals surface area contributed by atoms with E-state index in [1.807, 2.05) is 0 Å². The summed E-state index contributed by atoms with van der Waals surface area (Å²) in [4.78, 5) is 12.9. The van der Waals surface area contributed by atoms with Crippen LogP contribution in [0.4, 0.5) is 0 Å². The molecule has 0 aliphatic heterocycles. The number of carbonyl (C=O) groups excluding carboxylic acids is 1. The van der Waals surface area contributed by atoms with E-state index in [1.165, 1.54) is 12.8 Å². The second kappa shape index (κ2) is 6.59. The molecule has 4 heteroatoms. The van der Waals surface area contributed by atoms with Crippen LogP contribution in [0.5, 0.6) is 5.75 Å². The number of rotatable bonds is 4. The summed E-state index contributed by atoms with van der Waals surface area (Å²) in [5, 5.41) is 0.511. The fourth-order valence-corrected chi connectivity index (χ4v) is 3.08. The molecule has 0 atom stereocenters. The van der Waals surface area contributed by atoms with Crippen molar-refractivity contribution in [2.24, 2.45) is 0 Å². The van der Waals surface area contributed by atoms with Crippen molar-refractivity contribution in [1.82, 2.24) is 0 Å². The van der Waals surface area contributed by atoms with E-state index in [9.17, 15) is 4.79 Å². The molecule has 0 spiro atoms. The number of ether oxygens (including phenoxy) is 2. The lowest BCUT2D eigenvalue weighted by Gasteiger charge is -2.30. The molecule has 0 saturated heterocycles. The van der Waals surface area contributed by atoms with Crippen LogP contribution in [-0.4, -0.2) is 25.6 Å². The van der Waals surface area contributed by atoms with Crippen molar-refractivity contribution in [3.05, 3.63) is 28.8 Å². The SMILES string of the molecule is COc1cc(C(=O)C2(OC)CCCCCC2)ccc1Cl. The van der Waals surface area contributed by atoms with Gasteiger partial charge >= 0.3 is 0 Å². The van der Waals surface area contributed by atoms with Gasteiger partial charge in [-0.1, -0.05) is 37.3 Å². The Bertz CT molecular complexity index is 477. The summed E-state index contributed by atoms with van der Waals surface area (Å²) in [7, 11) is 3.18. The van der Waals surface area contributed by atoms with E-state index >= 15 is 0 Å². The largest absolute Gasteiger partial charge is 0.495 e. The summed E-state index contributed by atoms with van der Waals surface area (Å²) < 4.78 is 10.8. The molecule has 2 rings (SSSR count). The molecule has 1 saturated carbocycles. The smallest absolute Gasteiger partial charge is 0.194 e. The van der Waals surface area contributed by atoms with Crippen molar-refractivity contribution in [2.45, 2.75) is 44.1 Å². The summed E-state index contributed by atoms with van der Waals surface area (Å²) in [6, 6.07) is 5.16. The van der Waals surface area contributed by atoms with Crippen molar-refractivity contribution >= 4 is 17.4 Å². The van der Waals surface area contributed by atoms with Gasteiger partial charge in [0, 0.05) is 12.7 Å². The van der Waals surface area contributed by atoms with Gasteiger partial charge in [0.2, 0.25) is 0 Å². The standard InChI is InChI=1S/C16H21ClO3/c1-19-14-11-12(7-8-13(14)17)15(18)16(20-2)9-5-3-4-6-10-16/h7-8,11H,3-6,9-10H2,1-2H3. The Labute approximate surface area is 125 Å². The van der Waals surface area contributed by atoms with Crippen molar-refractivity contribution in [3.63, 3.8) is 0 Å². The van der Waals surface area contributed by atoms with Crippen LogP contribution in [0.3, 0.4) is 0 Å². The molecule has 1 aliphatic rings. The first-order valence-electron chi connectivity index (χ1n) is 7.06. The first-order valence-corrected chi connectivity index (χ1v) is 7.44. The van der Waals surface area contributed by atoms with Gasteiger partial charge in [-0.3, -0.25) is 4.79 Å². The number of halogens is 1. The Kier molecular flexibility index (Phi) is 5.06. The van der Waals surface area contributed by atoms with Gasteiger partial charge in [0.05, 0.1) is 12.1 Å². The Morgan fingerprint density at radius 2 is 1.80 bits per heavy atom. The zero-order valence-electron chi connectivity index (χ0n) is 12.1. The lowest BCUT2D eigenvalue weighted by Crippen LogP contribution is -2.40. The Balaban J connectivity index is 2.32. The lowest BCUT2D eigenvalue weighted by molar-refractivity contribution is -0.00693. The highest BCUT2D eigenvalue weighted by atomic mass is 35.5. The average molecular weight is 297 g/mol. The van der Waals surface area contributed by atoms with Gasteiger partial charge in [-0.2, -0.15) is 0 Å². The zero-order chi connectivity index (χ0) is 14.6. The Morgan fingerprint density at radius 1 is 1.15 bits per heavy atom. The van der Waals surface area contributed by atoms with Crippen LogP contribution >= 0.6 is 11.6 Å². The normalized spacial score (nSPS) is 18.4. The van der Waals surface area contributed by atoms with Gasteiger partial charge in [-0.05, 0) is 31.0 Å². The molecule has 0 aromatic heterocycles. The fourth-order valence-electron chi connectivity index (χ4n) is 2.89. The van der Waals surface area contributed by atoms with Gasteiger partial charge in [0.15, 0.2) is 5.78 Å². The third kappa shape index (κ3) is 2.99. The highest BCUT2D eigenvalue weighted by Crippen LogP contribution is 2.35. The number of Topliss-reactive ketones (excluding diaryl/α,β-unsaturated/α-hetero) is 1. The topological polar surface area (TPSA) is 35.5 Å². The number of methoxy groups -OCH3 is 2. The molecule has 1 aromatic carbocycles. The van der Waals surface area contributed by atoms with Gasteiger partial charge in [-0.25, -0.2) is 0 Å². The van der Waals surface area contributed by atoms with Crippen LogP contribution < -0.4 is 4.74 Å². The second-order valence-corrected chi connectivity index (χ2v) is 5.70. The quantitative estimate of drug-likeness (QED) is 0.615. The molecule has 0 heterocycles. The van der Waals surface area contributed by atoms with E-state index < -0.39 is 5.60 Å². The lowest BCUT2D eigenvalue weighted by atomic mass is 9.85. The first-order chi connectivity index (χ1) is 9.63. The van der Waals surface area contributed by atoms with Crippen LogP contribution in [0.15, 0.2) is 18.2 Å². The maximum Gasteiger partial charge on any atom is 0.194 e. The van der Waals surface area contributed by atoms with Gasteiger partial charge in [-0.15, -0.1) is 0 Å². The van der Waals surface area contributed by atoms with E-state index in [2.05, 4.69) is 0 Å². The molecule has 0 amide bonds. The molecule has 0 unspecified atom stereocenters. The van der Waals surface area contributed by atoms with Crippen LogP contribution in [-0.2, 0) is 4.74 Å². The number of benzene rings is 1. The van der Waals surface area contributed by atoms with Crippen LogP contribution in [0, 0.1) is 0 Å². The summed E-state index contributed by atoms with van der Waals surface area (Å²) in [5.41, 5.74) is -0.0787. The van der Waals surface area contributed by atoms with Crippen molar-refractivity contribution in [1.29, 1.82) is 0 Å². The third-order valence-corrected chi connectivity index (χ3v) is 4.44. The Hall–Kier alpha value is -1.06. The summed E-state index contributed by atoms with van der Waals surface area (Å²) >= 11 is 6.01. The molecule has 0 radical (unpaired) electrons. The summed E-state index contributed by atoms with van der Waals surface area (Å²) in [6.45, 7) is 0. The summed E-state index contributed by atoms with van der Waals surface area (Å²) in [5.74, 6) is 0.564. The molecule has 1 fully saturated rings. The van der Waals surface area contributed by atoms with Gasteiger partial charge in [0.1, 0.15) is 11.4 Å². The molecular formula is C16H21ClO3. The molecule has 0 bridgehead atoms. The highest BCUT2D eigenvalue weighted by Gasteiger charge is 2.39. The number of ketones is 1. The molecule has 20 heavy (non-hydrogen) atoms. The predicted molar refractivity (Wildman–Crippen MR) is 79.8 cm³/mol. The van der Waals surface area contributed by atoms with E-state index in [4.69, 9.17) is 21.1 Å². The number of carbonyl (C=O) groups is 1. The van der Waals surface area contributed by atoms with E-state index in [0.29, 0.717) is 16.3 Å². The predicted octanol–water partition coefficient (Wildman–Crippen LogP) is 4.27. The molecule has 0 N–H and O–H groups in total. The van der Waals surface area contributed by atoms with Crippen molar-refractivity contribution in [3.8, 4) is 5.75 Å². The van der Waals surface area contributed by atoms with E-state index in [-0.39, 0.29) is 5.78 Å². The minimum atomic E-state index is -0.685. The number of hydrogen-bond acceptors (Lipinski definition) is 3. The molecule has 3 nitrogen and oxygen atoms in total. The maximum absolute atomic E-state index is 12.9. The Morgan fingerprint density at radius 3 is 2.35 bits per heavy atom. The van der Waals surface area contributed by atoms with Crippen molar-refractivity contribution < 1.29 is 14.3 Å². The fraction of sp³-hybridized carbons (Fsp3) is 0.562. The van der Waals surface area contributed by atoms with Crippen LogP contribution in [0.25, 0.3) is 0 Å². The minimum absolute atomic E-state index is 0.0388. The summed E-state index contributed by atoms with van der Waals surface area (Å²) in [6.07, 6.45) is 5.97. The van der Waals surface area contributed by atoms with Gasteiger partial charge in [0.25, 0.3) is 0 Å². The highest BCUT2D eigenvalue weighted by molar-refractivity contribution is 6.32. The maximum atomic E-state index is 12.9. The molecular weight excluding hydrogens is 276 g/mol. The third-order valence-electron chi connectivity index (χ3n) is 4.13. The first kappa shape index (κ1) is 15.3. The number of hydrogen-bond donors (Lipinski definition) is 0.